The van der Waals surface area contributed by atoms with Gasteiger partial charge in [-0.25, -0.2) is 4.79 Å². The van der Waals surface area contributed by atoms with Crippen LogP contribution in [0.25, 0.3) is 22.5 Å². The van der Waals surface area contributed by atoms with Crippen molar-refractivity contribution in [2.24, 2.45) is 0 Å². The zero-order valence-electron chi connectivity index (χ0n) is 29.0. The number of carbonyl (C=O) groups is 2. The number of thioether (sulfide) groups is 1. The van der Waals surface area contributed by atoms with Crippen LogP contribution in [-0.4, -0.2) is 53.1 Å². The highest BCUT2D eigenvalue weighted by Crippen LogP contribution is 2.37. The molecule has 5 rings (SSSR count). The van der Waals surface area contributed by atoms with Crippen LogP contribution in [0.3, 0.4) is 0 Å². The summed E-state index contributed by atoms with van der Waals surface area (Å²) in [6.45, 7) is 6.85. The molecule has 0 aliphatic rings. The molecule has 0 aliphatic carbocycles. The molecule has 1 aromatic heterocycles. The Bertz CT molecular complexity index is 1920. The summed E-state index contributed by atoms with van der Waals surface area (Å²) >= 11 is 7.88. The Labute approximate surface area is 303 Å². The summed E-state index contributed by atoms with van der Waals surface area (Å²) in [6.07, 6.45) is 2.25. The first-order chi connectivity index (χ1) is 24.1. The molecule has 5 aromatic rings. The molecule has 0 spiro atoms. The molecule has 260 valence electrons. The minimum absolute atomic E-state index is 0.0821. The minimum atomic E-state index is -1.05. The average Bonchev–Trinajstić information content (AvgIpc) is 3.60. The van der Waals surface area contributed by atoms with Gasteiger partial charge in [0.1, 0.15) is 23.3 Å². The standard InChI is InChI=1S/C41H43ClN2O5S/c1-26(2)44(39(29-14-16-31(42)17-15-29)38-20-19-37(49-38)30-10-8-11-32(24-30)48-4)25-28-13-18-34(35(23-28)33-12-7-6-9-27(33)3)40(45)43-36(41(46)47)21-22-50-5/h6-20,23-24,26,36,39H,21-22,25H2,1-5H3,(H,43,45)(H,46,47)/t36-,39?/m0/s1. The van der Waals surface area contributed by atoms with Crippen LogP contribution in [0.5, 0.6) is 5.75 Å². The van der Waals surface area contributed by atoms with E-state index in [1.807, 2.05) is 116 Å². The number of hydrogen-bond acceptors (Lipinski definition) is 6. The van der Waals surface area contributed by atoms with Gasteiger partial charge in [-0.3, -0.25) is 9.69 Å². The van der Waals surface area contributed by atoms with E-state index in [4.69, 9.17) is 20.8 Å². The molecule has 0 radical (unpaired) electrons. The monoisotopic (exact) mass is 710 g/mol. The van der Waals surface area contributed by atoms with Gasteiger partial charge in [0, 0.05) is 28.7 Å². The predicted molar refractivity (Wildman–Crippen MR) is 203 cm³/mol. The fourth-order valence-corrected chi connectivity index (χ4v) is 6.69. The first-order valence-corrected chi connectivity index (χ1v) is 18.3. The van der Waals surface area contributed by atoms with Crippen LogP contribution in [0.4, 0.5) is 0 Å². The van der Waals surface area contributed by atoms with Crippen molar-refractivity contribution in [3.8, 4) is 28.2 Å². The van der Waals surface area contributed by atoms with Gasteiger partial charge >= 0.3 is 5.97 Å². The molecule has 0 fully saturated rings. The number of amides is 1. The molecule has 0 saturated heterocycles. The molecule has 1 unspecified atom stereocenters. The lowest BCUT2D eigenvalue weighted by Crippen LogP contribution is -2.41. The minimum Gasteiger partial charge on any atom is -0.497 e. The number of nitrogens with one attached hydrogen (secondary N) is 1. The number of furan rings is 1. The number of rotatable bonds is 15. The number of carboxylic acids is 1. The maximum atomic E-state index is 13.7. The smallest absolute Gasteiger partial charge is 0.326 e. The van der Waals surface area contributed by atoms with Gasteiger partial charge in [-0.1, -0.05) is 66.2 Å². The van der Waals surface area contributed by atoms with Gasteiger partial charge < -0.3 is 19.6 Å². The van der Waals surface area contributed by atoms with E-state index in [0.717, 1.165) is 50.7 Å². The Morgan fingerprint density at radius 3 is 2.38 bits per heavy atom. The molecule has 2 N–H and O–H groups in total. The van der Waals surface area contributed by atoms with Gasteiger partial charge in [-0.2, -0.15) is 11.8 Å². The van der Waals surface area contributed by atoms with Gasteiger partial charge in [0.2, 0.25) is 0 Å². The Morgan fingerprint density at radius 2 is 1.70 bits per heavy atom. The fourth-order valence-electron chi connectivity index (χ4n) is 6.09. The topological polar surface area (TPSA) is 92.0 Å². The fraction of sp³-hybridized carbons (Fsp3) is 0.268. The second-order valence-corrected chi connectivity index (χ2v) is 13.9. The van der Waals surface area contributed by atoms with E-state index in [1.54, 1.807) is 18.9 Å². The first-order valence-electron chi connectivity index (χ1n) is 16.6. The second kappa shape index (κ2) is 16.9. The summed E-state index contributed by atoms with van der Waals surface area (Å²) in [4.78, 5) is 28.1. The van der Waals surface area contributed by atoms with Crippen molar-refractivity contribution in [1.82, 2.24) is 10.2 Å². The molecular formula is C41H43ClN2O5S. The average molecular weight is 711 g/mol. The van der Waals surface area contributed by atoms with Crippen molar-refractivity contribution in [1.29, 1.82) is 0 Å². The molecule has 7 nitrogen and oxygen atoms in total. The molecule has 2 atom stereocenters. The number of methoxy groups -OCH3 is 1. The zero-order valence-corrected chi connectivity index (χ0v) is 30.6. The van der Waals surface area contributed by atoms with E-state index in [9.17, 15) is 14.7 Å². The summed E-state index contributed by atoms with van der Waals surface area (Å²) in [5.74, 6) is 1.42. The van der Waals surface area contributed by atoms with Gasteiger partial charge in [0.25, 0.3) is 5.91 Å². The third kappa shape index (κ3) is 8.80. The van der Waals surface area contributed by atoms with Gasteiger partial charge in [-0.15, -0.1) is 0 Å². The highest BCUT2D eigenvalue weighted by molar-refractivity contribution is 7.98. The Hall–Kier alpha value is -4.50. The number of nitrogens with zero attached hydrogens (tertiary/aromatic N) is 1. The van der Waals surface area contributed by atoms with Crippen LogP contribution >= 0.6 is 23.4 Å². The summed E-state index contributed by atoms with van der Waals surface area (Å²) in [5, 5.41) is 13.2. The predicted octanol–water partition coefficient (Wildman–Crippen LogP) is 9.52. The second-order valence-electron chi connectivity index (χ2n) is 12.5. The third-order valence-electron chi connectivity index (χ3n) is 8.77. The van der Waals surface area contributed by atoms with E-state index in [-0.39, 0.29) is 12.1 Å². The Kier molecular flexibility index (Phi) is 12.5. The van der Waals surface area contributed by atoms with Crippen LogP contribution in [-0.2, 0) is 11.3 Å². The highest BCUT2D eigenvalue weighted by atomic mass is 35.5. The number of aliphatic carboxylic acids is 1. The van der Waals surface area contributed by atoms with Crippen molar-refractivity contribution >= 4 is 35.2 Å². The Morgan fingerprint density at radius 1 is 0.940 bits per heavy atom. The van der Waals surface area contributed by atoms with E-state index in [2.05, 4.69) is 24.1 Å². The number of carbonyl (C=O) groups excluding carboxylic acids is 1. The van der Waals surface area contributed by atoms with Crippen molar-refractivity contribution in [2.75, 3.05) is 19.1 Å². The van der Waals surface area contributed by atoms with Crippen molar-refractivity contribution in [3.63, 3.8) is 0 Å². The maximum absolute atomic E-state index is 13.7. The largest absolute Gasteiger partial charge is 0.497 e. The van der Waals surface area contributed by atoms with Crippen molar-refractivity contribution in [3.05, 3.63) is 136 Å². The van der Waals surface area contributed by atoms with Crippen LogP contribution in [0, 0.1) is 6.92 Å². The lowest BCUT2D eigenvalue weighted by molar-refractivity contribution is -0.139. The molecule has 0 bridgehead atoms. The molecule has 0 aliphatic heterocycles. The van der Waals surface area contributed by atoms with Crippen molar-refractivity contribution in [2.45, 2.75) is 51.9 Å². The lowest BCUT2D eigenvalue weighted by atomic mass is 9.93. The quantitative estimate of drug-likeness (QED) is 0.112. The normalized spacial score (nSPS) is 12.6. The highest BCUT2D eigenvalue weighted by Gasteiger charge is 2.29. The van der Waals surface area contributed by atoms with E-state index in [1.165, 1.54) is 0 Å². The van der Waals surface area contributed by atoms with Crippen LogP contribution in [0.2, 0.25) is 5.02 Å². The summed E-state index contributed by atoms with van der Waals surface area (Å²) in [5.41, 5.74) is 6.02. The van der Waals surface area contributed by atoms with Gasteiger partial charge in [0.15, 0.2) is 0 Å². The van der Waals surface area contributed by atoms with Gasteiger partial charge in [0.05, 0.1) is 13.2 Å². The van der Waals surface area contributed by atoms with Gasteiger partial charge in [-0.05, 0) is 116 Å². The molecule has 1 heterocycles. The Balaban J connectivity index is 1.56. The number of benzene rings is 4. The molecule has 50 heavy (non-hydrogen) atoms. The summed E-state index contributed by atoms with van der Waals surface area (Å²) in [7, 11) is 1.65. The SMILES string of the molecule is COc1cccc(-c2ccc(C(c3ccc(Cl)cc3)N(Cc3ccc(C(=O)N[C@@H](CCSC)C(=O)O)c(-c4ccccc4C)c3)C(C)C)o2)c1. The number of hydrogen-bond donors (Lipinski definition) is 2. The summed E-state index contributed by atoms with van der Waals surface area (Å²) in [6, 6.07) is 32.2. The van der Waals surface area contributed by atoms with Crippen molar-refractivity contribution < 1.29 is 23.8 Å². The molecule has 1 amide bonds. The van der Waals surface area contributed by atoms with Crippen LogP contribution < -0.4 is 10.1 Å². The number of aryl methyl sites for hydroxylation is 1. The summed E-state index contributed by atoms with van der Waals surface area (Å²) < 4.78 is 12.0. The zero-order chi connectivity index (χ0) is 35.8. The lowest BCUT2D eigenvalue weighted by Gasteiger charge is -2.34. The van der Waals surface area contributed by atoms with E-state index >= 15 is 0 Å². The van der Waals surface area contributed by atoms with E-state index in [0.29, 0.717) is 29.3 Å². The number of carboxylic acid groups (broad SMARTS) is 1. The molecular weight excluding hydrogens is 668 g/mol. The first kappa shape index (κ1) is 36.8. The number of halogens is 1. The third-order valence-corrected chi connectivity index (χ3v) is 9.67. The maximum Gasteiger partial charge on any atom is 0.326 e. The van der Waals surface area contributed by atoms with E-state index < -0.39 is 17.9 Å². The molecule has 0 saturated carbocycles. The number of ether oxygens (including phenoxy) is 1. The molecule has 9 heteroatoms. The molecule has 4 aromatic carbocycles. The van der Waals surface area contributed by atoms with Crippen LogP contribution in [0.15, 0.2) is 108 Å². The van der Waals surface area contributed by atoms with Crippen LogP contribution in [0.1, 0.15) is 59.1 Å².